The highest BCUT2D eigenvalue weighted by atomic mass is 32.2. The van der Waals surface area contributed by atoms with Gasteiger partial charge in [0.05, 0.1) is 6.10 Å². The number of hydrogen-bond acceptors (Lipinski definition) is 6. The Hall–Kier alpha value is -3.16. The molecule has 0 radical (unpaired) electrons. The van der Waals surface area contributed by atoms with Gasteiger partial charge >= 0.3 is 0 Å². The molecule has 0 saturated carbocycles. The van der Waals surface area contributed by atoms with Crippen LogP contribution in [0.3, 0.4) is 0 Å². The predicted molar refractivity (Wildman–Crippen MR) is 114 cm³/mol. The van der Waals surface area contributed by atoms with Crippen molar-refractivity contribution >= 4 is 11.8 Å². The second kappa shape index (κ2) is 9.56. The van der Waals surface area contributed by atoms with Crippen molar-refractivity contribution in [1.82, 2.24) is 10.2 Å². The number of hydrogen-bond donors (Lipinski definition) is 1. The molecule has 0 aliphatic carbocycles. The zero-order chi connectivity index (χ0) is 20.8. The minimum Gasteiger partial charge on any atom is -0.491 e. The minimum atomic E-state index is -0.704. The molecule has 4 aromatic rings. The van der Waals surface area contributed by atoms with E-state index in [4.69, 9.17) is 9.15 Å². The molecule has 1 atom stereocenters. The molecular formula is C23H19FN2O3S. The van der Waals surface area contributed by atoms with Crippen LogP contribution < -0.4 is 4.74 Å². The van der Waals surface area contributed by atoms with Crippen molar-refractivity contribution in [2.75, 3.05) is 12.4 Å². The van der Waals surface area contributed by atoms with Crippen LogP contribution in [0.15, 0.2) is 88.5 Å². The Morgan fingerprint density at radius 1 is 0.867 bits per heavy atom. The van der Waals surface area contributed by atoms with Crippen LogP contribution in [0.5, 0.6) is 5.75 Å². The van der Waals surface area contributed by atoms with Gasteiger partial charge in [-0.15, -0.1) is 10.2 Å². The summed E-state index contributed by atoms with van der Waals surface area (Å²) in [5.74, 6) is 1.01. The molecule has 0 spiro atoms. The van der Waals surface area contributed by atoms with E-state index in [1.54, 1.807) is 12.1 Å². The van der Waals surface area contributed by atoms with Crippen LogP contribution in [-0.2, 0) is 0 Å². The number of rotatable bonds is 8. The maximum absolute atomic E-state index is 13.0. The van der Waals surface area contributed by atoms with E-state index in [0.29, 0.717) is 28.2 Å². The Morgan fingerprint density at radius 3 is 2.27 bits per heavy atom. The summed E-state index contributed by atoms with van der Waals surface area (Å²) in [5, 5.41) is 18.4. The fourth-order valence-corrected chi connectivity index (χ4v) is 3.43. The molecule has 0 aliphatic heterocycles. The maximum atomic E-state index is 13.0. The molecule has 4 rings (SSSR count). The lowest BCUT2D eigenvalue weighted by Gasteiger charge is -2.11. The lowest BCUT2D eigenvalue weighted by atomic mass is 10.1. The highest BCUT2D eigenvalue weighted by molar-refractivity contribution is 7.99. The molecule has 3 aromatic carbocycles. The lowest BCUT2D eigenvalue weighted by Crippen LogP contribution is -2.20. The third kappa shape index (κ3) is 5.25. The number of halogens is 1. The Kier molecular flexibility index (Phi) is 6.41. The van der Waals surface area contributed by atoms with Crippen molar-refractivity contribution in [3.63, 3.8) is 0 Å². The molecule has 0 bridgehead atoms. The second-order valence-corrected chi connectivity index (χ2v) is 7.52. The van der Waals surface area contributed by atoms with E-state index < -0.39 is 6.10 Å². The number of aliphatic hydroxyl groups is 1. The van der Waals surface area contributed by atoms with Gasteiger partial charge in [0.15, 0.2) is 0 Å². The van der Waals surface area contributed by atoms with Gasteiger partial charge < -0.3 is 14.3 Å². The molecule has 0 fully saturated rings. The lowest BCUT2D eigenvalue weighted by molar-refractivity contribution is 0.126. The molecule has 1 N–H and O–H groups in total. The van der Waals surface area contributed by atoms with Crippen molar-refractivity contribution in [2.24, 2.45) is 0 Å². The van der Waals surface area contributed by atoms with Crippen molar-refractivity contribution in [1.29, 1.82) is 0 Å². The zero-order valence-corrected chi connectivity index (χ0v) is 16.8. The minimum absolute atomic E-state index is 0.149. The molecule has 30 heavy (non-hydrogen) atoms. The van der Waals surface area contributed by atoms with Gasteiger partial charge in [-0.2, -0.15) is 0 Å². The molecule has 1 aromatic heterocycles. The first kappa shape index (κ1) is 20.1. The quantitative estimate of drug-likeness (QED) is 0.400. The third-order valence-corrected chi connectivity index (χ3v) is 5.26. The number of nitrogens with zero attached hydrogens (tertiary/aromatic N) is 2. The van der Waals surface area contributed by atoms with Gasteiger partial charge in [-0.1, -0.05) is 54.2 Å². The van der Waals surface area contributed by atoms with Crippen LogP contribution in [-0.4, -0.2) is 33.8 Å². The van der Waals surface area contributed by atoms with E-state index in [1.165, 1.54) is 23.9 Å². The normalized spacial score (nSPS) is 11.9. The van der Waals surface area contributed by atoms with Gasteiger partial charge in [0.25, 0.3) is 5.22 Å². The van der Waals surface area contributed by atoms with Crippen LogP contribution in [0.25, 0.3) is 22.6 Å². The average Bonchev–Trinajstić information content (AvgIpc) is 3.27. The van der Waals surface area contributed by atoms with E-state index >= 15 is 0 Å². The first-order valence-electron chi connectivity index (χ1n) is 9.36. The summed E-state index contributed by atoms with van der Waals surface area (Å²) in [7, 11) is 0. The summed E-state index contributed by atoms with van der Waals surface area (Å²) >= 11 is 1.24. The van der Waals surface area contributed by atoms with E-state index in [9.17, 15) is 9.50 Å². The van der Waals surface area contributed by atoms with Crippen LogP contribution in [0.2, 0.25) is 0 Å². The van der Waals surface area contributed by atoms with Gasteiger partial charge in [-0.25, -0.2) is 4.39 Å². The fraction of sp³-hybridized carbons (Fsp3) is 0.130. The Bertz CT molecular complexity index is 1070. The van der Waals surface area contributed by atoms with Crippen LogP contribution in [0.1, 0.15) is 0 Å². The van der Waals surface area contributed by atoms with Gasteiger partial charge in [0, 0.05) is 11.3 Å². The molecule has 5 nitrogen and oxygen atoms in total. The number of aromatic nitrogens is 2. The highest BCUT2D eigenvalue weighted by Gasteiger charge is 2.12. The molecule has 7 heteroatoms. The Labute approximate surface area is 177 Å². The van der Waals surface area contributed by atoms with Gasteiger partial charge in [-0.3, -0.25) is 0 Å². The summed E-state index contributed by atoms with van der Waals surface area (Å²) in [6.45, 7) is 0.149. The first-order chi connectivity index (χ1) is 14.7. The average molecular weight is 422 g/mol. The summed E-state index contributed by atoms with van der Waals surface area (Å²) < 4.78 is 24.2. The standard InChI is InChI=1S/C23H19FN2O3S/c24-19-10-6-18(7-11-19)22-25-26-23(29-22)30-15-20(27)14-28-21-12-8-17(9-13-21)16-4-2-1-3-5-16/h1-13,20,27H,14-15H2. The van der Waals surface area contributed by atoms with Crippen LogP contribution in [0, 0.1) is 5.82 Å². The molecule has 0 aliphatic rings. The molecule has 1 unspecified atom stereocenters. The molecule has 152 valence electrons. The zero-order valence-electron chi connectivity index (χ0n) is 15.9. The van der Waals surface area contributed by atoms with Crippen LogP contribution in [0.4, 0.5) is 4.39 Å². The summed E-state index contributed by atoms with van der Waals surface area (Å²) in [5.41, 5.74) is 2.88. The summed E-state index contributed by atoms with van der Waals surface area (Å²) in [6.07, 6.45) is -0.704. The van der Waals surface area contributed by atoms with Crippen molar-refractivity contribution in [3.05, 3.63) is 84.7 Å². The van der Waals surface area contributed by atoms with Crippen molar-refractivity contribution in [3.8, 4) is 28.3 Å². The topological polar surface area (TPSA) is 68.4 Å². The number of benzene rings is 3. The maximum Gasteiger partial charge on any atom is 0.276 e. The third-order valence-electron chi connectivity index (χ3n) is 4.30. The van der Waals surface area contributed by atoms with E-state index in [1.807, 2.05) is 42.5 Å². The first-order valence-corrected chi connectivity index (χ1v) is 10.3. The summed E-state index contributed by atoms with van der Waals surface area (Å²) in [4.78, 5) is 0. The number of thioether (sulfide) groups is 1. The Morgan fingerprint density at radius 2 is 1.53 bits per heavy atom. The fourth-order valence-electron chi connectivity index (χ4n) is 2.76. The predicted octanol–water partition coefficient (Wildman–Crippen LogP) is 5.07. The van der Waals surface area contributed by atoms with E-state index in [2.05, 4.69) is 22.3 Å². The molecule has 0 saturated heterocycles. The van der Waals surface area contributed by atoms with Crippen molar-refractivity contribution in [2.45, 2.75) is 11.3 Å². The second-order valence-electron chi connectivity index (χ2n) is 6.55. The number of ether oxygens (including phenoxy) is 1. The van der Waals surface area contributed by atoms with Crippen LogP contribution >= 0.6 is 11.8 Å². The SMILES string of the molecule is OC(COc1ccc(-c2ccccc2)cc1)CSc1nnc(-c2ccc(F)cc2)o1. The number of aliphatic hydroxyl groups excluding tert-OH is 1. The molecule has 1 heterocycles. The van der Waals surface area contributed by atoms with Crippen molar-refractivity contribution < 1.29 is 18.7 Å². The smallest absolute Gasteiger partial charge is 0.276 e. The van der Waals surface area contributed by atoms with Gasteiger partial charge in [0.1, 0.15) is 18.2 Å². The monoisotopic (exact) mass is 422 g/mol. The Balaban J connectivity index is 1.25. The van der Waals surface area contributed by atoms with Gasteiger partial charge in [-0.05, 0) is 47.5 Å². The highest BCUT2D eigenvalue weighted by Crippen LogP contribution is 2.25. The summed E-state index contributed by atoms with van der Waals surface area (Å²) in [6, 6.07) is 23.6. The van der Waals surface area contributed by atoms with E-state index in [-0.39, 0.29) is 12.4 Å². The molecular weight excluding hydrogens is 403 g/mol. The largest absolute Gasteiger partial charge is 0.491 e. The van der Waals surface area contributed by atoms with E-state index in [0.717, 1.165) is 11.1 Å². The van der Waals surface area contributed by atoms with Gasteiger partial charge in [0.2, 0.25) is 5.89 Å². The molecule has 0 amide bonds.